The normalized spacial score (nSPS) is 11.6. The molecule has 0 aliphatic carbocycles. The minimum atomic E-state index is -4.53. The van der Waals surface area contributed by atoms with E-state index in [0.717, 1.165) is 17.7 Å². The van der Waals surface area contributed by atoms with Crippen molar-refractivity contribution in [1.29, 1.82) is 0 Å². The van der Waals surface area contributed by atoms with Gasteiger partial charge in [0, 0.05) is 23.6 Å². The molecule has 32 heavy (non-hydrogen) atoms. The van der Waals surface area contributed by atoms with Crippen LogP contribution in [-0.2, 0) is 19.1 Å². The molecule has 4 aromatic rings. The highest BCUT2D eigenvalue weighted by atomic mass is 32.1. The summed E-state index contributed by atoms with van der Waals surface area (Å²) in [4.78, 5) is 15.4. The molecular formula is C21H16F3N3O3S2. The van der Waals surface area contributed by atoms with Gasteiger partial charge in [-0.2, -0.15) is 29.6 Å². The first-order chi connectivity index (χ1) is 15.3. The summed E-state index contributed by atoms with van der Waals surface area (Å²) in [7, 11) is 0. The monoisotopic (exact) mass is 479 g/mol. The molecule has 11 heteroatoms. The van der Waals surface area contributed by atoms with Gasteiger partial charge in [0.05, 0.1) is 36.2 Å². The molecule has 0 aliphatic heterocycles. The number of carboxylic acid groups (broad SMARTS) is 1. The fourth-order valence-corrected chi connectivity index (χ4v) is 4.43. The Hall–Kier alpha value is -3.18. The summed E-state index contributed by atoms with van der Waals surface area (Å²) in [6.45, 7) is 0.464. The molecule has 0 radical (unpaired) electrons. The highest BCUT2D eigenvalue weighted by molar-refractivity contribution is 7.10. The third-order valence-electron chi connectivity index (χ3n) is 4.50. The number of hydrogen-bond acceptors (Lipinski definition) is 6. The number of aromatic carboxylic acids is 1. The molecule has 166 valence electrons. The van der Waals surface area contributed by atoms with E-state index in [1.54, 1.807) is 16.7 Å². The van der Waals surface area contributed by atoms with E-state index in [-0.39, 0.29) is 24.5 Å². The molecule has 0 fully saturated rings. The van der Waals surface area contributed by atoms with Gasteiger partial charge in [-0.1, -0.05) is 0 Å². The highest BCUT2D eigenvalue weighted by Crippen LogP contribution is 2.36. The van der Waals surface area contributed by atoms with Gasteiger partial charge in [0.1, 0.15) is 10.8 Å². The van der Waals surface area contributed by atoms with Gasteiger partial charge < -0.3 is 9.84 Å². The number of thiazole rings is 1. The molecule has 0 aliphatic rings. The van der Waals surface area contributed by atoms with E-state index in [0.29, 0.717) is 22.7 Å². The van der Waals surface area contributed by atoms with Crippen molar-refractivity contribution in [1.82, 2.24) is 14.8 Å². The summed E-state index contributed by atoms with van der Waals surface area (Å²) in [6.07, 6.45) is -1.34. The average molecular weight is 480 g/mol. The number of carbonyl (C=O) groups is 1. The van der Waals surface area contributed by atoms with Crippen molar-refractivity contribution in [2.24, 2.45) is 0 Å². The molecule has 0 saturated heterocycles. The molecule has 1 N–H and O–H groups in total. The maximum Gasteiger partial charge on any atom is 0.416 e. The summed E-state index contributed by atoms with van der Waals surface area (Å²) >= 11 is 2.80. The van der Waals surface area contributed by atoms with Crippen molar-refractivity contribution in [2.75, 3.05) is 6.61 Å². The van der Waals surface area contributed by atoms with Crippen molar-refractivity contribution in [3.63, 3.8) is 0 Å². The Kier molecular flexibility index (Phi) is 6.28. The van der Waals surface area contributed by atoms with E-state index in [1.807, 2.05) is 16.8 Å². The van der Waals surface area contributed by atoms with E-state index >= 15 is 0 Å². The summed E-state index contributed by atoms with van der Waals surface area (Å²) in [5.41, 5.74) is 0.970. The quantitative estimate of drug-likeness (QED) is 0.363. The summed E-state index contributed by atoms with van der Waals surface area (Å²) in [5.74, 6) is -0.968. The lowest BCUT2D eigenvalue weighted by molar-refractivity contribution is -0.137. The van der Waals surface area contributed by atoms with Crippen LogP contribution in [0.1, 0.15) is 26.5 Å². The lowest BCUT2D eigenvalue weighted by Gasteiger charge is -2.12. The standard InChI is InChI=1S/C21H16F3N3O3S2/c22-21(23,24)16-5-14(6-17(7-16)30-3-1-13-2-4-31-11-13)18-12-32-19(26-18)10-27-9-15(8-25-27)20(28)29/h2,4-9,11-12H,1,3,10H2,(H,28,29). The molecule has 1 aromatic carbocycles. The van der Waals surface area contributed by atoms with Crippen LogP contribution in [0.5, 0.6) is 5.75 Å². The number of rotatable bonds is 8. The third kappa shape index (κ3) is 5.35. The second kappa shape index (κ2) is 9.13. The summed E-state index contributed by atoms with van der Waals surface area (Å²) in [6, 6.07) is 5.52. The Balaban J connectivity index is 1.54. The molecule has 0 atom stereocenters. The van der Waals surface area contributed by atoms with Crippen molar-refractivity contribution in [3.05, 3.63) is 74.5 Å². The van der Waals surface area contributed by atoms with Crippen molar-refractivity contribution in [3.8, 4) is 17.0 Å². The molecular weight excluding hydrogens is 463 g/mol. The number of ether oxygens (including phenoxy) is 1. The number of aromatic nitrogens is 3. The zero-order valence-electron chi connectivity index (χ0n) is 16.4. The fourth-order valence-electron chi connectivity index (χ4n) is 2.93. The topological polar surface area (TPSA) is 77.2 Å². The van der Waals surface area contributed by atoms with Gasteiger partial charge in [-0.15, -0.1) is 11.3 Å². The molecule has 0 unspecified atom stereocenters. The number of alkyl halides is 3. The second-order valence-electron chi connectivity index (χ2n) is 6.83. The smallest absolute Gasteiger partial charge is 0.416 e. The van der Waals surface area contributed by atoms with Crippen LogP contribution in [0.15, 0.2) is 52.8 Å². The van der Waals surface area contributed by atoms with Crippen molar-refractivity contribution >= 4 is 28.6 Å². The molecule has 0 bridgehead atoms. The number of nitrogens with zero attached hydrogens (tertiary/aromatic N) is 3. The lowest BCUT2D eigenvalue weighted by Crippen LogP contribution is -2.07. The Morgan fingerprint density at radius 3 is 2.75 bits per heavy atom. The van der Waals surface area contributed by atoms with Gasteiger partial charge in [0.2, 0.25) is 0 Å². The predicted octanol–water partition coefficient (Wildman–Crippen LogP) is 5.45. The van der Waals surface area contributed by atoms with Crippen LogP contribution in [-0.4, -0.2) is 32.4 Å². The van der Waals surface area contributed by atoms with Crippen molar-refractivity contribution in [2.45, 2.75) is 19.1 Å². The van der Waals surface area contributed by atoms with Gasteiger partial charge in [-0.3, -0.25) is 4.68 Å². The Bertz CT molecular complexity index is 1220. The zero-order chi connectivity index (χ0) is 22.7. The van der Waals surface area contributed by atoms with Gasteiger partial charge in [0.25, 0.3) is 0 Å². The predicted molar refractivity (Wildman–Crippen MR) is 114 cm³/mol. The Labute approximate surface area is 188 Å². The van der Waals surface area contributed by atoms with Gasteiger partial charge in [-0.25, -0.2) is 9.78 Å². The molecule has 0 saturated carbocycles. The number of thiophene rings is 1. The molecule has 6 nitrogen and oxygen atoms in total. The van der Waals surface area contributed by atoms with E-state index in [1.165, 1.54) is 34.5 Å². The summed E-state index contributed by atoms with van der Waals surface area (Å²) < 4.78 is 47.3. The van der Waals surface area contributed by atoms with E-state index in [2.05, 4.69) is 10.1 Å². The fraction of sp³-hybridized carbons (Fsp3) is 0.190. The van der Waals surface area contributed by atoms with Gasteiger partial charge >= 0.3 is 12.1 Å². The first-order valence-electron chi connectivity index (χ1n) is 9.34. The highest BCUT2D eigenvalue weighted by Gasteiger charge is 2.31. The largest absolute Gasteiger partial charge is 0.493 e. The van der Waals surface area contributed by atoms with Crippen LogP contribution in [0.3, 0.4) is 0 Å². The first-order valence-corrected chi connectivity index (χ1v) is 11.2. The minimum Gasteiger partial charge on any atom is -0.493 e. The Morgan fingerprint density at radius 2 is 2.06 bits per heavy atom. The first kappa shape index (κ1) is 22.0. The van der Waals surface area contributed by atoms with Crippen LogP contribution in [0.25, 0.3) is 11.3 Å². The second-order valence-corrected chi connectivity index (χ2v) is 8.55. The Morgan fingerprint density at radius 1 is 1.22 bits per heavy atom. The van der Waals surface area contributed by atoms with Gasteiger partial charge in [-0.05, 0) is 40.6 Å². The number of hydrogen-bond donors (Lipinski definition) is 1. The molecule has 0 spiro atoms. The number of carboxylic acids is 1. The van der Waals surface area contributed by atoms with Crippen LogP contribution >= 0.6 is 22.7 Å². The average Bonchev–Trinajstić information content (AvgIpc) is 3.49. The van der Waals surface area contributed by atoms with E-state index < -0.39 is 17.7 Å². The van der Waals surface area contributed by atoms with Crippen molar-refractivity contribution < 1.29 is 27.8 Å². The molecule has 3 aromatic heterocycles. The van der Waals surface area contributed by atoms with Crippen LogP contribution in [0.4, 0.5) is 13.2 Å². The van der Waals surface area contributed by atoms with E-state index in [9.17, 15) is 18.0 Å². The zero-order valence-corrected chi connectivity index (χ0v) is 18.0. The third-order valence-corrected chi connectivity index (χ3v) is 6.06. The SMILES string of the molecule is O=C(O)c1cnn(Cc2nc(-c3cc(OCCc4ccsc4)cc(C(F)(F)F)c3)cs2)c1. The molecule has 3 heterocycles. The maximum absolute atomic E-state index is 13.4. The minimum absolute atomic E-state index is 0.0453. The maximum atomic E-state index is 13.4. The number of halogens is 3. The molecule has 0 amide bonds. The molecule has 4 rings (SSSR count). The number of benzene rings is 1. The van der Waals surface area contributed by atoms with Crippen LogP contribution in [0, 0.1) is 0 Å². The van der Waals surface area contributed by atoms with Gasteiger partial charge in [0.15, 0.2) is 0 Å². The van der Waals surface area contributed by atoms with Crippen LogP contribution < -0.4 is 4.74 Å². The van der Waals surface area contributed by atoms with Crippen LogP contribution in [0.2, 0.25) is 0 Å². The van der Waals surface area contributed by atoms with E-state index in [4.69, 9.17) is 9.84 Å². The lowest BCUT2D eigenvalue weighted by atomic mass is 10.1. The summed E-state index contributed by atoms with van der Waals surface area (Å²) in [5, 5.41) is 19.1.